The zero-order valence-corrected chi connectivity index (χ0v) is 12.9. The van der Waals surface area contributed by atoms with Crippen LogP contribution in [0.2, 0.25) is 0 Å². The van der Waals surface area contributed by atoms with Gasteiger partial charge in [0.05, 0.1) is 12.5 Å². The van der Waals surface area contributed by atoms with E-state index in [1.165, 1.54) is 12.1 Å². The summed E-state index contributed by atoms with van der Waals surface area (Å²) >= 11 is 0. The molecule has 0 radical (unpaired) electrons. The third-order valence-corrected chi connectivity index (χ3v) is 4.06. The van der Waals surface area contributed by atoms with Gasteiger partial charge in [0.1, 0.15) is 12.2 Å². The van der Waals surface area contributed by atoms with Crippen LogP contribution in [0.15, 0.2) is 24.3 Å². The SMILES string of the molecule is N#CCC(=O)N1CCC(CNC(=O)Cc2ccc(F)cc2)CC1. The lowest BCUT2D eigenvalue weighted by molar-refractivity contribution is -0.131. The van der Waals surface area contributed by atoms with E-state index in [-0.39, 0.29) is 30.5 Å². The van der Waals surface area contributed by atoms with Gasteiger partial charge in [-0.1, -0.05) is 12.1 Å². The van der Waals surface area contributed by atoms with Crippen LogP contribution < -0.4 is 5.32 Å². The molecule has 6 heteroatoms. The number of nitrogens with zero attached hydrogens (tertiary/aromatic N) is 2. The van der Waals surface area contributed by atoms with E-state index < -0.39 is 0 Å². The zero-order valence-electron chi connectivity index (χ0n) is 12.9. The van der Waals surface area contributed by atoms with Gasteiger partial charge >= 0.3 is 0 Å². The Bertz CT molecular complexity index is 587. The molecule has 1 fully saturated rings. The minimum Gasteiger partial charge on any atom is -0.356 e. The van der Waals surface area contributed by atoms with Crippen LogP contribution in [-0.2, 0) is 16.0 Å². The Hall–Kier alpha value is -2.42. The molecule has 2 amide bonds. The molecule has 0 bridgehead atoms. The lowest BCUT2D eigenvalue weighted by Crippen LogP contribution is -2.41. The third kappa shape index (κ3) is 5.37. The van der Waals surface area contributed by atoms with Crippen molar-refractivity contribution < 1.29 is 14.0 Å². The van der Waals surface area contributed by atoms with Crippen LogP contribution in [0.1, 0.15) is 24.8 Å². The molecule has 0 aliphatic carbocycles. The Kier molecular flexibility index (Phi) is 6.10. The van der Waals surface area contributed by atoms with Crippen LogP contribution in [0.4, 0.5) is 4.39 Å². The van der Waals surface area contributed by atoms with Crippen molar-refractivity contribution in [1.29, 1.82) is 5.26 Å². The first-order valence-electron chi connectivity index (χ1n) is 7.74. The molecule has 1 saturated heterocycles. The van der Waals surface area contributed by atoms with E-state index in [0.29, 0.717) is 25.6 Å². The van der Waals surface area contributed by atoms with E-state index in [1.807, 2.05) is 6.07 Å². The van der Waals surface area contributed by atoms with Gasteiger partial charge in [-0.25, -0.2) is 4.39 Å². The molecule has 1 aliphatic rings. The van der Waals surface area contributed by atoms with Gasteiger partial charge in [-0.2, -0.15) is 5.26 Å². The van der Waals surface area contributed by atoms with Crippen molar-refractivity contribution in [2.24, 2.45) is 5.92 Å². The van der Waals surface area contributed by atoms with Gasteiger partial charge in [0.15, 0.2) is 0 Å². The summed E-state index contributed by atoms with van der Waals surface area (Å²) in [5.41, 5.74) is 0.779. The Morgan fingerprint density at radius 3 is 2.52 bits per heavy atom. The number of hydrogen-bond acceptors (Lipinski definition) is 3. The number of piperidine rings is 1. The summed E-state index contributed by atoms with van der Waals surface area (Å²) in [4.78, 5) is 25.2. The first-order valence-corrected chi connectivity index (χ1v) is 7.74. The summed E-state index contributed by atoms with van der Waals surface area (Å²) in [6.07, 6.45) is 1.82. The molecular weight excluding hydrogens is 297 g/mol. The van der Waals surface area contributed by atoms with Gasteiger partial charge in [0.25, 0.3) is 0 Å². The number of halogens is 1. The fraction of sp³-hybridized carbons (Fsp3) is 0.471. The van der Waals surface area contributed by atoms with Crippen molar-refractivity contribution in [1.82, 2.24) is 10.2 Å². The first-order chi connectivity index (χ1) is 11.1. The van der Waals surface area contributed by atoms with Crippen LogP contribution in [0.5, 0.6) is 0 Å². The molecular formula is C17H20FN3O2. The Labute approximate surface area is 135 Å². The third-order valence-electron chi connectivity index (χ3n) is 4.06. The maximum absolute atomic E-state index is 12.8. The zero-order chi connectivity index (χ0) is 16.7. The molecule has 1 aliphatic heterocycles. The number of hydrogen-bond donors (Lipinski definition) is 1. The van der Waals surface area contributed by atoms with Crippen molar-refractivity contribution in [3.8, 4) is 6.07 Å². The minimum atomic E-state index is -0.313. The van der Waals surface area contributed by atoms with Crippen LogP contribution in [0, 0.1) is 23.1 Å². The highest BCUT2D eigenvalue weighted by Gasteiger charge is 2.22. The van der Waals surface area contributed by atoms with E-state index in [0.717, 1.165) is 18.4 Å². The Morgan fingerprint density at radius 2 is 1.91 bits per heavy atom. The highest BCUT2D eigenvalue weighted by molar-refractivity contribution is 5.79. The number of carbonyl (C=O) groups excluding carboxylic acids is 2. The molecule has 1 heterocycles. The van der Waals surface area contributed by atoms with E-state index in [2.05, 4.69) is 5.32 Å². The van der Waals surface area contributed by atoms with Gasteiger partial charge in [0, 0.05) is 19.6 Å². The molecule has 122 valence electrons. The number of amides is 2. The van der Waals surface area contributed by atoms with Crippen molar-refractivity contribution >= 4 is 11.8 Å². The van der Waals surface area contributed by atoms with E-state index in [4.69, 9.17) is 5.26 Å². The van der Waals surface area contributed by atoms with Gasteiger partial charge in [-0.05, 0) is 36.5 Å². The second-order valence-electron chi connectivity index (χ2n) is 5.77. The quantitative estimate of drug-likeness (QED) is 0.897. The lowest BCUT2D eigenvalue weighted by Gasteiger charge is -2.31. The van der Waals surface area contributed by atoms with Crippen molar-refractivity contribution in [2.75, 3.05) is 19.6 Å². The summed E-state index contributed by atoms with van der Waals surface area (Å²) < 4.78 is 12.8. The van der Waals surface area contributed by atoms with Crippen LogP contribution in [0.3, 0.4) is 0 Å². The number of nitriles is 1. The smallest absolute Gasteiger partial charge is 0.236 e. The average molecular weight is 317 g/mol. The normalized spacial score (nSPS) is 15.0. The monoisotopic (exact) mass is 317 g/mol. The topological polar surface area (TPSA) is 73.2 Å². The van der Waals surface area contributed by atoms with Gasteiger partial charge in [-0.3, -0.25) is 9.59 Å². The van der Waals surface area contributed by atoms with Gasteiger partial charge < -0.3 is 10.2 Å². The van der Waals surface area contributed by atoms with Gasteiger partial charge in [-0.15, -0.1) is 0 Å². The number of benzene rings is 1. The molecule has 5 nitrogen and oxygen atoms in total. The van der Waals surface area contributed by atoms with Crippen molar-refractivity contribution in [2.45, 2.75) is 25.7 Å². The molecule has 23 heavy (non-hydrogen) atoms. The number of likely N-dealkylation sites (tertiary alicyclic amines) is 1. The number of rotatable bonds is 5. The van der Waals surface area contributed by atoms with Gasteiger partial charge in [0.2, 0.25) is 11.8 Å². The minimum absolute atomic E-state index is 0.0704. The summed E-state index contributed by atoms with van der Waals surface area (Å²) in [5.74, 6) is -0.170. The van der Waals surface area contributed by atoms with Crippen LogP contribution in [-0.4, -0.2) is 36.3 Å². The molecule has 0 atom stereocenters. The number of carbonyl (C=O) groups is 2. The van der Waals surface area contributed by atoms with Crippen LogP contribution >= 0.6 is 0 Å². The maximum Gasteiger partial charge on any atom is 0.236 e. The summed E-state index contributed by atoms with van der Waals surface area (Å²) in [6, 6.07) is 7.77. The molecule has 0 spiro atoms. The second kappa shape index (κ2) is 8.28. The molecule has 1 N–H and O–H groups in total. The highest BCUT2D eigenvalue weighted by Crippen LogP contribution is 2.17. The summed E-state index contributed by atoms with van der Waals surface area (Å²) in [6.45, 7) is 1.86. The lowest BCUT2D eigenvalue weighted by atomic mass is 9.96. The first kappa shape index (κ1) is 16.9. The maximum atomic E-state index is 12.8. The second-order valence-corrected chi connectivity index (χ2v) is 5.77. The van der Waals surface area contributed by atoms with E-state index in [1.54, 1.807) is 17.0 Å². The molecule has 2 rings (SSSR count). The summed E-state index contributed by atoms with van der Waals surface area (Å²) in [7, 11) is 0. The summed E-state index contributed by atoms with van der Waals surface area (Å²) in [5, 5.41) is 11.4. The fourth-order valence-electron chi connectivity index (χ4n) is 2.67. The molecule has 1 aromatic rings. The fourth-order valence-corrected chi connectivity index (χ4v) is 2.67. The Balaban J connectivity index is 1.69. The molecule has 0 unspecified atom stereocenters. The van der Waals surface area contributed by atoms with Crippen LogP contribution in [0.25, 0.3) is 0 Å². The Morgan fingerprint density at radius 1 is 1.26 bits per heavy atom. The van der Waals surface area contributed by atoms with E-state index in [9.17, 15) is 14.0 Å². The predicted octanol–water partition coefficient (Wildman–Crippen LogP) is 1.64. The van der Waals surface area contributed by atoms with Crippen molar-refractivity contribution in [3.63, 3.8) is 0 Å². The highest BCUT2D eigenvalue weighted by atomic mass is 19.1. The number of nitrogens with one attached hydrogen (secondary N) is 1. The molecule has 1 aromatic carbocycles. The predicted molar refractivity (Wildman–Crippen MR) is 82.6 cm³/mol. The molecule has 0 saturated carbocycles. The van der Waals surface area contributed by atoms with Crippen molar-refractivity contribution in [3.05, 3.63) is 35.6 Å². The molecule has 0 aromatic heterocycles. The largest absolute Gasteiger partial charge is 0.356 e. The van der Waals surface area contributed by atoms with E-state index >= 15 is 0 Å². The average Bonchev–Trinajstić information content (AvgIpc) is 2.56. The standard InChI is InChI=1S/C17H20FN3O2/c18-15-3-1-13(2-4-15)11-16(22)20-12-14-6-9-21(10-7-14)17(23)5-8-19/h1-4,14H,5-7,9-12H2,(H,20,22).